The van der Waals surface area contributed by atoms with Gasteiger partial charge in [-0.1, -0.05) is 12.1 Å². The number of allylic oxidation sites excluding steroid dienone is 1. The smallest absolute Gasteiger partial charge is 0.185 e. The molecular formula is C22H25NO4. The van der Waals surface area contributed by atoms with E-state index in [4.69, 9.17) is 14.2 Å². The second-order valence-electron chi connectivity index (χ2n) is 6.19. The Kier molecular flexibility index (Phi) is 6.49. The van der Waals surface area contributed by atoms with Crippen LogP contribution < -0.4 is 14.4 Å². The number of nitrogens with zero attached hydrogens (tertiary/aromatic N) is 1. The van der Waals surface area contributed by atoms with Crippen LogP contribution in [-0.2, 0) is 4.74 Å². The van der Waals surface area contributed by atoms with Crippen molar-refractivity contribution in [2.75, 3.05) is 44.9 Å². The molecule has 2 aromatic carbocycles. The van der Waals surface area contributed by atoms with Crippen LogP contribution in [0, 0.1) is 0 Å². The molecule has 0 unspecified atom stereocenters. The van der Waals surface area contributed by atoms with Gasteiger partial charge in [0.25, 0.3) is 0 Å². The average molecular weight is 367 g/mol. The van der Waals surface area contributed by atoms with E-state index in [0.29, 0.717) is 23.7 Å². The van der Waals surface area contributed by atoms with Gasteiger partial charge >= 0.3 is 0 Å². The van der Waals surface area contributed by atoms with Crippen molar-refractivity contribution < 1.29 is 19.0 Å². The first-order valence-electron chi connectivity index (χ1n) is 9.17. The number of benzene rings is 2. The van der Waals surface area contributed by atoms with Gasteiger partial charge in [0, 0.05) is 24.3 Å². The normalized spacial score (nSPS) is 14.4. The minimum Gasteiger partial charge on any atom is -0.493 e. The van der Waals surface area contributed by atoms with Crippen molar-refractivity contribution >= 4 is 17.5 Å². The molecule has 3 rings (SSSR count). The molecule has 0 saturated carbocycles. The molecule has 0 amide bonds. The van der Waals surface area contributed by atoms with Crippen LogP contribution in [0.4, 0.5) is 5.69 Å². The van der Waals surface area contributed by atoms with Crippen LogP contribution in [-0.4, -0.2) is 45.8 Å². The quantitative estimate of drug-likeness (QED) is 0.550. The summed E-state index contributed by atoms with van der Waals surface area (Å²) in [6, 6.07) is 13.3. The lowest BCUT2D eigenvalue weighted by atomic mass is 10.1. The largest absolute Gasteiger partial charge is 0.493 e. The van der Waals surface area contributed by atoms with Gasteiger partial charge in [-0.15, -0.1) is 0 Å². The Morgan fingerprint density at radius 3 is 2.52 bits per heavy atom. The van der Waals surface area contributed by atoms with Gasteiger partial charge in [-0.25, -0.2) is 0 Å². The van der Waals surface area contributed by atoms with Crippen LogP contribution in [0.25, 0.3) is 6.08 Å². The van der Waals surface area contributed by atoms with Crippen molar-refractivity contribution in [3.8, 4) is 11.5 Å². The van der Waals surface area contributed by atoms with Crippen LogP contribution in [0.1, 0.15) is 22.8 Å². The second kappa shape index (κ2) is 9.24. The first kappa shape index (κ1) is 19.0. The van der Waals surface area contributed by atoms with Crippen molar-refractivity contribution in [1.29, 1.82) is 0 Å². The number of ketones is 1. The van der Waals surface area contributed by atoms with E-state index in [-0.39, 0.29) is 5.78 Å². The molecule has 0 N–H and O–H groups in total. The zero-order chi connectivity index (χ0) is 19.1. The van der Waals surface area contributed by atoms with Gasteiger partial charge in [-0.3, -0.25) is 4.79 Å². The predicted molar refractivity (Wildman–Crippen MR) is 107 cm³/mol. The van der Waals surface area contributed by atoms with Gasteiger partial charge < -0.3 is 19.1 Å². The fourth-order valence-corrected chi connectivity index (χ4v) is 2.99. The maximum Gasteiger partial charge on any atom is 0.185 e. The topological polar surface area (TPSA) is 48.0 Å². The van der Waals surface area contributed by atoms with E-state index in [1.807, 2.05) is 49.4 Å². The van der Waals surface area contributed by atoms with Crippen molar-refractivity contribution in [3.63, 3.8) is 0 Å². The summed E-state index contributed by atoms with van der Waals surface area (Å²) in [5.74, 6) is 1.32. The number of hydrogen-bond acceptors (Lipinski definition) is 5. The van der Waals surface area contributed by atoms with E-state index in [0.717, 1.165) is 37.6 Å². The van der Waals surface area contributed by atoms with Crippen LogP contribution in [0.5, 0.6) is 11.5 Å². The molecule has 0 radical (unpaired) electrons. The number of carbonyl (C=O) groups is 1. The Morgan fingerprint density at radius 2 is 1.85 bits per heavy atom. The van der Waals surface area contributed by atoms with Crippen LogP contribution >= 0.6 is 0 Å². The highest BCUT2D eigenvalue weighted by Crippen LogP contribution is 2.28. The highest BCUT2D eigenvalue weighted by molar-refractivity contribution is 6.07. The molecule has 142 valence electrons. The molecule has 0 bridgehead atoms. The van der Waals surface area contributed by atoms with E-state index in [2.05, 4.69) is 4.90 Å². The molecule has 0 aliphatic carbocycles. The van der Waals surface area contributed by atoms with Gasteiger partial charge in [-0.2, -0.15) is 0 Å². The van der Waals surface area contributed by atoms with Crippen molar-refractivity contribution in [2.45, 2.75) is 6.92 Å². The van der Waals surface area contributed by atoms with Crippen LogP contribution in [0.15, 0.2) is 48.5 Å². The van der Waals surface area contributed by atoms with Gasteiger partial charge in [0.2, 0.25) is 0 Å². The molecule has 2 aromatic rings. The van der Waals surface area contributed by atoms with Crippen LogP contribution in [0.3, 0.4) is 0 Å². The summed E-state index contributed by atoms with van der Waals surface area (Å²) in [6.45, 7) is 5.73. The summed E-state index contributed by atoms with van der Waals surface area (Å²) in [6.07, 6.45) is 3.38. The maximum absolute atomic E-state index is 12.5. The Labute approximate surface area is 160 Å². The molecule has 1 fully saturated rings. The SMILES string of the molecule is CCOc1cc(/C=C/C(=O)c2ccc(N3CCOCC3)cc2)ccc1OC. The standard InChI is InChI=1S/C22H25NO4/c1-3-27-22-16-17(5-11-21(22)25-2)4-10-20(24)18-6-8-19(9-7-18)23-12-14-26-15-13-23/h4-11,16H,3,12-15H2,1-2H3/b10-4+. The zero-order valence-corrected chi connectivity index (χ0v) is 15.8. The third-order valence-electron chi connectivity index (χ3n) is 4.44. The van der Waals surface area contributed by atoms with E-state index >= 15 is 0 Å². The van der Waals surface area contributed by atoms with Gasteiger partial charge in [0.05, 0.1) is 26.9 Å². The Balaban J connectivity index is 1.68. The molecule has 27 heavy (non-hydrogen) atoms. The molecule has 1 heterocycles. The van der Waals surface area contributed by atoms with Crippen molar-refractivity contribution in [3.05, 3.63) is 59.7 Å². The summed E-state index contributed by atoms with van der Waals surface area (Å²) in [5, 5.41) is 0. The third kappa shape index (κ3) is 4.89. The highest BCUT2D eigenvalue weighted by atomic mass is 16.5. The fourth-order valence-electron chi connectivity index (χ4n) is 2.99. The number of carbonyl (C=O) groups excluding carboxylic acids is 1. The summed E-state index contributed by atoms with van der Waals surface area (Å²) in [5.41, 5.74) is 2.68. The Bertz CT molecular complexity index is 792. The van der Waals surface area contributed by atoms with E-state index in [9.17, 15) is 4.79 Å². The zero-order valence-electron chi connectivity index (χ0n) is 15.8. The fraction of sp³-hybridized carbons (Fsp3) is 0.318. The number of methoxy groups -OCH3 is 1. The van der Waals surface area contributed by atoms with E-state index in [1.54, 1.807) is 19.3 Å². The molecule has 0 spiro atoms. The lowest BCUT2D eigenvalue weighted by Crippen LogP contribution is -2.36. The number of morpholine rings is 1. The molecule has 1 saturated heterocycles. The lowest BCUT2D eigenvalue weighted by molar-refractivity contribution is 0.104. The van der Waals surface area contributed by atoms with Crippen LogP contribution in [0.2, 0.25) is 0 Å². The summed E-state index contributed by atoms with van der Waals surface area (Å²) in [7, 11) is 1.61. The first-order valence-corrected chi connectivity index (χ1v) is 9.17. The minimum absolute atomic E-state index is 0.0303. The van der Waals surface area contributed by atoms with Gasteiger partial charge in [-0.05, 0) is 55.0 Å². The predicted octanol–water partition coefficient (Wildman–Crippen LogP) is 3.83. The molecule has 0 atom stereocenters. The molecule has 5 heteroatoms. The van der Waals surface area contributed by atoms with Gasteiger partial charge in [0.1, 0.15) is 0 Å². The Hall–Kier alpha value is -2.79. The van der Waals surface area contributed by atoms with Crippen molar-refractivity contribution in [1.82, 2.24) is 0 Å². The molecule has 1 aliphatic heterocycles. The van der Waals surface area contributed by atoms with Gasteiger partial charge in [0.15, 0.2) is 17.3 Å². The van der Waals surface area contributed by atoms with Crippen molar-refractivity contribution in [2.24, 2.45) is 0 Å². The summed E-state index contributed by atoms with van der Waals surface area (Å²) < 4.78 is 16.2. The highest BCUT2D eigenvalue weighted by Gasteiger charge is 2.11. The monoisotopic (exact) mass is 367 g/mol. The number of ether oxygens (including phenoxy) is 3. The lowest BCUT2D eigenvalue weighted by Gasteiger charge is -2.28. The average Bonchev–Trinajstić information content (AvgIpc) is 2.73. The van der Waals surface area contributed by atoms with E-state index in [1.165, 1.54) is 0 Å². The Morgan fingerprint density at radius 1 is 1.11 bits per heavy atom. The van der Waals surface area contributed by atoms with E-state index < -0.39 is 0 Å². The minimum atomic E-state index is -0.0303. The molecule has 5 nitrogen and oxygen atoms in total. The number of hydrogen-bond donors (Lipinski definition) is 0. The third-order valence-corrected chi connectivity index (χ3v) is 4.44. The summed E-state index contributed by atoms with van der Waals surface area (Å²) >= 11 is 0. The number of rotatable bonds is 7. The summed E-state index contributed by atoms with van der Waals surface area (Å²) in [4.78, 5) is 14.7. The molecule has 1 aliphatic rings. The second-order valence-corrected chi connectivity index (χ2v) is 6.19. The maximum atomic E-state index is 12.5. The number of anilines is 1. The molecule has 0 aromatic heterocycles. The molecular weight excluding hydrogens is 342 g/mol. The first-order chi connectivity index (χ1) is 13.2.